The Labute approximate surface area is 91.7 Å². The summed E-state index contributed by atoms with van der Waals surface area (Å²) >= 11 is 0. The predicted molar refractivity (Wildman–Crippen MR) is 58.7 cm³/mol. The fourth-order valence-electron chi connectivity index (χ4n) is 1.59. The molecule has 0 saturated heterocycles. The highest BCUT2D eigenvalue weighted by atomic mass is 19.1. The fraction of sp³-hybridized carbons (Fsp3) is 0.0833. The number of nitrogen functional groups attached to an aromatic ring is 1. The van der Waals surface area contributed by atoms with Gasteiger partial charge in [0.05, 0.1) is 0 Å². The van der Waals surface area contributed by atoms with Crippen LogP contribution in [-0.2, 0) is 0 Å². The van der Waals surface area contributed by atoms with Crippen LogP contribution in [0, 0.1) is 18.6 Å². The molecule has 1 aromatic heterocycles. The maximum absolute atomic E-state index is 13.0. The number of aryl methyl sites for hydroxylation is 1. The first kappa shape index (κ1) is 10.5. The van der Waals surface area contributed by atoms with E-state index in [2.05, 4.69) is 4.98 Å². The van der Waals surface area contributed by atoms with E-state index in [4.69, 9.17) is 5.73 Å². The zero-order chi connectivity index (χ0) is 11.7. The number of nitrogens with zero attached hydrogens (tertiary/aromatic N) is 1. The molecule has 0 fully saturated rings. The molecule has 0 aliphatic carbocycles. The van der Waals surface area contributed by atoms with Gasteiger partial charge in [-0.25, -0.2) is 13.8 Å². The molecule has 2 nitrogen and oxygen atoms in total. The summed E-state index contributed by atoms with van der Waals surface area (Å²) < 4.78 is 26.1. The minimum Gasteiger partial charge on any atom is -0.384 e. The molecule has 2 rings (SSSR count). The quantitative estimate of drug-likeness (QED) is 0.802. The lowest BCUT2D eigenvalue weighted by molar-refractivity contribution is 0.584. The van der Waals surface area contributed by atoms with Crippen LogP contribution in [-0.4, -0.2) is 4.98 Å². The third-order valence-electron chi connectivity index (χ3n) is 2.28. The first-order valence-corrected chi connectivity index (χ1v) is 4.76. The highest BCUT2D eigenvalue weighted by Crippen LogP contribution is 2.24. The molecule has 0 aliphatic heterocycles. The molecule has 82 valence electrons. The van der Waals surface area contributed by atoms with Crippen molar-refractivity contribution in [1.29, 1.82) is 0 Å². The van der Waals surface area contributed by atoms with E-state index in [1.165, 1.54) is 12.1 Å². The molecule has 0 atom stereocenters. The Hall–Kier alpha value is -1.97. The fourth-order valence-corrected chi connectivity index (χ4v) is 1.59. The summed E-state index contributed by atoms with van der Waals surface area (Å²) in [5.41, 5.74) is 7.28. The monoisotopic (exact) mass is 220 g/mol. The first-order chi connectivity index (χ1) is 7.56. The molecule has 1 aromatic carbocycles. The minimum atomic E-state index is -0.605. The molecule has 0 saturated carbocycles. The van der Waals surface area contributed by atoms with Gasteiger partial charge in [-0.05, 0) is 36.8 Å². The molecule has 2 N–H and O–H groups in total. The second-order valence-corrected chi connectivity index (χ2v) is 3.53. The van der Waals surface area contributed by atoms with E-state index in [9.17, 15) is 8.78 Å². The molecule has 0 amide bonds. The number of halogens is 2. The van der Waals surface area contributed by atoms with Crippen molar-refractivity contribution in [2.75, 3.05) is 5.73 Å². The van der Waals surface area contributed by atoms with Crippen molar-refractivity contribution in [2.45, 2.75) is 6.92 Å². The zero-order valence-corrected chi connectivity index (χ0v) is 8.67. The van der Waals surface area contributed by atoms with Gasteiger partial charge in [0.15, 0.2) is 0 Å². The van der Waals surface area contributed by atoms with Crippen molar-refractivity contribution < 1.29 is 8.78 Å². The lowest BCUT2D eigenvalue weighted by atomic mass is 10.0. The largest absolute Gasteiger partial charge is 0.384 e. The number of benzene rings is 1. The Morgan fingerprint density at radius 1 is 1.06 bits per heavy atom. The highest BCUT2D eigenvalue weighted by Gasteiger charge is 2.06. The van der Waals surface area contributed by atoms with Crippen LogP contribution >= 0.6 is 0 Å². The molecule has 0 aliphatic rings. The van der Waals surface area contributed by atoms with Crippen LogP contribution in [0.15, 0.2) is 30.3 Å². The maximum atomic E-state index is 13.0. The molecule has 0 radical (unpaired) electrons. The van der Waals surface area contributed by atoms with Gasteiger partial charge < -0.3 is 5.73 Å². The first-order valence-electron chi connectivity index (χ1n) is 4.76. The lowest BCUT2D eigenvalue weighted by Gasteiger charge is -2.06. The third kappa shape index (κ3) is 2.00. The van der Waals surface area contributed by atoms with Gasteiger partial charge in [0.1, 0.15) is 17.5 Å². The number of pyridine rings is 1. The zero-order valence-electron chi connectivity index (χ0n) is 8.67. The van der Waals surface area contributed by atoms with Gasteiger partial charge in [-0.3, -0.25) is 0 Å². The summed E-state index contributed by atoms with van der Waals surface area (Å²) in [7, 11) is 0. The van der Waals surface area contributed by atoms with Crippen molar-refractivity contribution in [3.05, 3.63) is 47.7 Å². The van der Waals surface area contributed by atoms with Gasteiger partial charge in [0.2, 0.25) is 0 Å². The van der Waals surface area contributed by atoms with Crippen molar-refractivity contribution in [3.63, 3.8) is 0 Å². The van der Waals surface area contributed by atoms with E-state index in [1.807, 2.05) is 0 Å². The Balaban J connectivity index is 2.58. The topological polar surface area (TPSA) is 38.9 Å². The van der Waals surface area contributed by atoms with Gasteiger partial charge in [-0.2, -0.15) is 0 Å². The molecule has 0 spiro atoms. The highest BCUT2D eigenvalue weighted by molar-refractivity contribution is 5.66. The Kier molecular flexibility index (Phi) is 2.56. The van der Waals surface area contributed by atoms with E-state index in [0.717, 1.165) is 6.07 Å². The summed E-state index contributed by atoms with van der Waals surface area (Å²) in [6, 6.07) is 6.67. The summed E-state index contributed by atoms with van der Waals surface area (Å²) in [6.07, 6.45) is 0. The van der Waals surface area contributed by atoms with Crippen molar-refractivity contribution >= 4 is 5.82 Å². The number of aromatic nitrogens is 1. The minimum absolute atomic E-state index is 0.387. The third-order valence-corrected chi connectivity index (χ3v) is 2.28. The second-order valence-electron chi connectivity index (χ2n) is 3.53. The Bertz CT molecular complexity index is 518. The van der Waals surface area contributed by atoms with E-state index in [1.54, 1.807) is 19.1 Å². The van der Waals surface area contributed by atoms with Crippen LogP contribution in [0.3, 0.4) is 0 Å². The molecule has 0 bridgehead atoms. The smallest absolute Gasteiger partial charge is 0.126 e. The number of rotatable bonds is 1. The van der Waals surface area contributed by atoms with Crippen molar-refractivity contribution in [2.24, 2.45) is 0 Å². The molecule has 4 heteroatoms. The lowest BCUT2D eigenvalue weighted by Crippen LogP contribution is -1.94. The number of anilines is 1. The molecular formula is C12H10F2N2. The second kappa shape index (κ2) is 3.89. The van der Waals surface area contributed by atoms with Gasteiger partial charge in [0.25, 0.3) is 0 Å². The van der Waals surface area contributed by atoms with Gasteiger partial charge >= 0.3 is 0 Å². The van der Waals surface area contributed by atoms with Crippen molar-refractivity contribution in [1.82, 2.24) is 4.98 Å². The molecule has 2 aromatic rings. The molecular weight excluding hydrogens is 210 g/mol. The summed E-state index contributed by atoms with van der Waals surface area (Å²) in [6.45, 7) is 1.74. The van der Waals surface area contributed by atoms with Crippen LogP contribution in [0.2, 0.25) is 0 Å². The molecule has 0 unspecified atom stereocenters. The van der Waals surface area contributed by atoms with Crippen LogP contribution in [0.5, 0.6) is 0 Å². The predicted octanol–water partition coefficient (Wildman–Crippen LogP) is 2.92. The van der Waals surface area contributed by atoms with Gasteiger partial charge in [-0.15, -0.1) is 0 Å². The van der Waals surface area contributed by atoms with Gasteiger partial charge in [0, 0.05) is 17.3 Å². The Morgan fingerprint density at radius 3 is 2.25 bits per heavy atom. The molecule has 1 heterocycles. The van der Waals surface area contributed by atoms with Crippen LogP contribution in [0.1, 0.15) is 5.69 Å². The van der Waals surface area contributed by atoms with Crippen LogP contribution in [0.4, 0.5) is 14.6 Å². The summed E-state index contributed by atoms with van der Waals surface area (Å²) in [5, 5.41) is 0. The van der Waals surface area contributed by atoms with E-state index >= 15 is 0 Å². The average molecular weight is 220 g/mol. The number of hydrogen-bond acceptors (Lipinski definition) is 2. The standard InChI is InChI=1S/C12H10F2N2/c1-7-11(2-3-12(15)16-7)8-4-9(13)6-10(14)5-8/h2-6H,1H3,(H2,15,16). The van der Waals surface area contributed by atoms with Gasteiger partial charge in [-0.1, -0.05) is 0 Å². The van der Waals surface area contributed by atoms with E-state index < -0.39 is 11.6 Å². The van der Waals surface area contributed by atoms with E-state index in [0.29, 0.717) is 22.6 Å². The number of nitrogens with two attached hydrogens (primary N) is 1. The maximum Gasteiger partial charge on any atom is 0.126 e. The van der Waals surface area contributed by atoms with E-state index in [-0.39, 0.29) is 0 Å². The number of hydrogen-bond donors (Lipinski definition) is 1. The normalized spacial score (nSPS) is 10.4. The summed E-state index contributed by atoms with van der Waals surface area (Å²) in [4.78, 5) is 4.04. The molecule has 16 heavy (non-hydrogen) atoms. The van der Waals surface area contributed by atoms with Crippen molar-refractivity contribution in [3.8, 4) is 11.1 Å². The Morgan fingerprint density at radius 2 is 1.69 bits per heavy atom. The SMILES string of the molecule is Cc1nc(N)ccc1-c1cc(F)cc(F)c1. The van der Waals surface area contributed by atoms with Crippen LogP contribution < -0.4 is 5.73 Å². The van der Waals surface area contributed by atoms with Crippen LogP contribution in [0.25, 0.3) is 11.1 Å². The summed E-state index contributed by atoms with van der Waals surface area (Å²) in [5.74, 6) is -0.824. The average Bonchev–Trinajstić information content (AvgIpc) is 2.15.